The summed E-state index contributed by atoms with van der Waals surface area (Å²) in [6.07, 6.45) is 1.64. The van der Waals surface area contributed by atoms with Crippen LogP contribution in [0.1, 0.15) is 23.0 Å². The lowest BCUT2D eigenvalue weighted by Crippen LogP contribution is -2.35. The fourth-order valence-electron chi connectivity index (χ4n) is 3.77. The zero-order valence-electron chi connectivity index (χ0n) is 18.8. The maximum atomic E-state index is 12.1. The average Bonchev–Trinajstić information content (AvgIpc) is 3.31. The summed E-state index contributed by atoms with van der Waals surface area (Å²) in [5.41, 5.74) is 3.19. The Hall–Kier alpha value is -3.62. The normalized spacial score (nSPS) is 12.7. The second kappa shape index (κ2) is 9.93. The molecule has 5 rings (SSSR count). The molecular formula is C25H21Cl2N5O3. The second-order valence-corrected chi connectivity index (χ2v) is 8.57. The molecule has 35 heavy (non-hydrogen) atoms. The molecule has 2 aromatic heterocycles. The number of benzene rings is 2. The van der Waals surface area contributed by atoms with E-state index < -0.39 is 0 Å². The molecule has 0 spiro atoms. The molecule has 2 aromatic carbocycles. The van der Waals surface area contributed by atoms with E-state index >= 15 is 0 Å². The smallest absolute Gasteiger partial charge is 0.269 e. The average molecular weight is 510 g/mol. The van der Waals surface area contributed by atoms with Crippen molar-refractivity contribution in [3.63, 3.8) is 0 Å². The highest BCUT2D eigenvalue weighted by Gasteiger charge is 2.21. The number of halogens is 2. The van der Waals surface area contributed by atoms with E-state index in [0.29, 0.717) is 69.7 Å². The SMILES string of the molecule is CCOc1cc(-c2nccc(-c3cc4n(n3)CCNC4=O)n2)cc(Cl)c1OCc1ccccc1Cl. The van der Waals surface area contributed by atoms with Crippen LogP contribution in [0.3, 0.4) is 0 Å². The summed E-state index contributed by atoms with van der Waals surface area (Å²) in [4.78, 5) is 21.2. The molecule has 1 aliphatic heterocycles. The number of ether oxygens (including phenoxy) is 2. The topological polar surface area (TPSA) is 91.2 Å². The Kier molecular flexibility index (Phi) is 6.57. The zero-order chi connectivity index (χ0) is 24.4. The molecule has 0 fully saturated rings. The Morgan fingerprint density at radius 3 is 2.71 bits per heavy atom. The van der Waals surface area contributed by atoms with Gasteiger partial charge < -0.3 is 14.8 Å². The summed E-state index contributed by atoms with van der Waals surface area (Å²) < 4.78 is 13.5. The van der Waals surface area contributed by atoms with Gasteiger partial charge in [0, 0.05) is 28.9 Å². The Morgan fingerprint density at radius 1 is 1.06 bits per heavy atom. The third-order valence-electron chi connectivity index (χ3n) is 5.44. The molecule has 8 nitrogen and oxygen atoms in total. The van der Waals surface area contributed by atoms with Crippen molar-refractivity contribution in [3.05, 3.63) is 76.0 Å². The molecule has 4 aromatic rings. The van der Waals surface area contributed by atoms with Crippen molar-refractivity contribution in [2.75, 3.05) is 13.2 Å². The number of nitrogens with one attached hydrogen (secondary N) is 1. The zero-order valence-corrected chi connectivity index (χ0v) is 20.3. The lowest BCUT2D eigenvalue weighted by atomic mass is 10.1. The first-order chi connectivity index (χ1) is 17.0. The predicted molar refractivity (Wildman–Crippen MR) is 133 cm³/mol. The highest BCUT2D eigenvalue weighted by atomic mass is 35.5. The summed E-state index contributed by atoms with van der Waals surface area (Å²) >= 11 is 12.9. The van der Waals surface area contributed by atoms with Gasteiger partial charge in [-0.25, -0.2) is 9.97 Å². The van der Waals surface area contributed by atoms with E-state index in [1.807, 2.05) is 31.2 Å². The fraction of sp³-hybridized carbons (Fsp3) is 0.200. The molecule has 1 amide bonds. The number of carbonyl (C=O) groups is 1. The molecule has 178 valence electrons. The van der Waals surface area contributed by atoms with E-state index in [1.165, 1.54) is 0 Å². The van der Waals surface area contributed by atoms with E-state index in [4.69, 9.17) is 32.7 Å². The molecule has 3 heterocycles. The largest absolute Gasteiger partial charge is 0.490 e. The second-order valence-electron chi connectivity index (χ2n) is 7.76. The van der Waals surface area contributed by atoms with Gasteiger partial charge in [-0.3, -0.25) is 9.48 Å². The third kappa shape index (κ3) is 4.80. The van der Waals surface area contributed by atoms with Crippen LogP contribution in [0.15, 0.2) is 54.7 Å². The highest BCUT2D eigenvalue weighted by molar-refractivity contribution is 6.32. The van der Waals surface area contributed by atoms with Gasteiger partial charge in [0.2, 0.25) is 0 Å². The fourth-order valence-corrected chi connectivity index (χ4v) is 4.22. The Labute approximate surface area is 211 Å². The maximum Gasteiger partial charge on any atom is 0.269 e. The molecule has 0 unspecified atom stereocenters. The third-order valence-corrected chi connectivity index (χ3v) is 6.09. The van der Waals surface area contributed by atoms with E-state index in [0.717, 1.165) is 5.56 Å². The van der Waals surface area contributed by atoms with Crippen LogP contribution in [0.2, 0.25) is 10.0 Å². The molecule has 0 bridgehead atoms. The Bertz CT molecular complexity index is 1410. The molecule has 10 heteroatoms. The summed E-state index contributed by atoms with van der Waals surface area (Å²) in [6.45, 7) is 3.70. The van der Waals surface area contributed by atoms with Gasteiger partial charge in [0.05, 0.1) is 23.9 Å². The first kappa shape index (κ1) is 23.1. The van der Waals surface area contributed by atoms with Gasteiger partial charge in [-0.05, 0) is 37.3 Å². The predicted octanol–water partition coefficient (Wildman–Crippen LogP) is 5.04. The molecule has 0 radical (unpaired) electrons. The van der Waals surface area contributed by atoms with E-state index in [-0.39, 0.29) is 12.5 Å². The van der Waals surface area contributed by atoms with Crippen molar-refractivity contribution in [2.45, 2.75) is 20.1 Å². The minimum atomic E-state index is -0.148. The number of fused-ring (bicyclic) bond motifs is 1. The van der Waals surface area contributed by atoms with Crippen molar-refractivity contribution in [2.24, 2.45) is 0 Å². The van der Waals surface area contributed by atoms with Crippen molar-refractivity contribution < 1.29 is 14.3 Å². The van der Waals surface area contributed by atoms with Gasteiger partial charge in [0.15, 0.2) is 17.3 Å². The summed E-state index contributed by atoms with van der Waals surface area (Å²) in [6, 6.07) is 14.5. The number of aromatic nitrogens is 4. The summed E-state index contributed by atoms with van der Waals surface area (Å²) in [5, 5.41) is 8.32. The van der Waals surface area contributed by atoms with Crippen LogP contribution in [0.4, 0.5) is 0 Å². The van der Waals surface area contributed by atoms with Crippen LogP contribution in [0.5, 0.6) is 11.5 Å². The van der Waals surface area contributed by atoms with Gasteiger partial charge in [0.1, 0.15) is 18.0 Å². The van der Waals surface area contributed by atoms with Crippen LogP contribution in [-0.4, -0.2) is 38.8 Å². The van der Waals surface area contributed by atoms with Crippen molar-refractivity contribution >= 4 is 29.1 Å². The lowest BCUT2D eigenvalue weighted by Gasteiger charge is -2.15. The molecule has 1 N–H and O–H groups in total. The number of hydrogen-bond donors (Lipinski definition) is 1. The summed E-state index contributed by atoms with van der Waals surface area (Å²) in [7, 11) is 0. The van der Waals surface area contributed by atoms with Crippen molar-refractivity contribution in [1.82, 2.24) is 25.1 Å². The van der Waals surface area contributed by atoms with E-state index in [2.05, 4.69) is 20.4 Å². The monoisotopic (exact) mass is 509 g/mol. The van der Waals surface area contributed by atoms with Crippen LogP contribution >= 0.6 is 23.2 Å². The lowest BCUT2D eigenvalue weighted by molar-refractivity contribution is 0.0924. The molecule has 0 saturated heterocycles. The molecule has 0 saturated carbocycles. The van der Waals surface area contributed by atoms with Gasteiger partial charge in [0.25, 0.3) is 5.91 Å². The van der Waals surface area contributed by atoms with Crippen LogP contribution < -0.4 is 14.8 Å². The minimum absolute atomic E-state index is 0.148. The number of nitrogens with zero attached hydrogens (tertiary/aromatic N) is 4. The quantitative estimate of drug-likeness (QED) is 0.375. The van der Waals surface area contributed by atoms with Crippen LogP contribution in [0, 0.1) is 0 Å². The highest BCUT2D eigenvalue weighted by Crippen LogP contribution is 2.40. The van der Waals surface area contributed by atoms with Crippen molar-refractivity contribution in [3.8, 4) is 34.3 Å². The standard InChI is InChI=1S/C25H21Cl2N5O3/c1-2-34-22-12-16(11-18(27)23(22)35-14-15-5-3-4-6-17(15)26)24-28-8-7-19(30-24)20-13-21-25(33)29-9-10-32(21)31-20/h3-8,11-13H,2,9-10,14H2,1H3,(H,29,33). The molecule has 1 aliphatic rings. The Balaban J connectivity index is 1.46. The first-order valence-corrected chi connectivity index (χ1v) is 11.8. The van der Waals surface area contributed by atoms with E-state index in [1.54, 1.807) is 35.1 Å². The summed E-state index contributed by atoms with van der Waals surface area (Å²) in [5.74, 6) is 1.19. The molecule has 0 aliphatic carbocycles. The number of carbonyl (C=O) groups excluding carboxylic acids is 1. The van der Waals surface area contributed by atoms with Gasteiger partial charge >= 0.3 is 0 Å². The maximum absolute atomic E-state index is 12.1. The van der Waals surface area contributed by atoms with Gasteiger partial charge in [-0.2, -0.15) is 5.10 Å². The Morgan fingerprint density at radius 2 is 1.91 bits per heavy atom. The number of rotatable bonds is 7. The van der Waals surface area contributed by atoms with Crippen LogP contribution in [-0.2, 0) is 13.2 Å². The van der Waals surface area contributed by atoms with Crippen LogP contribution in [0.25, 0.3) is 22.8 Å². The first-order valence-electron chi connectivity index (χ1n) is 11.1. The number of amides is 1. The van der Waals surface area contributed by atoms with Crippen molar-refractivity contribution in [1.29, 1.82) is 0 Å². The molecule has 0 atom stereocenters. The minimum Gasteiger partial charge on any atom is -0.490 e. The van der Waals surface area contributed by atoms with Gasteiger partial charge in [-0.1, -0.05) is 41.4 Å². The van der Waals surface area contributed by atoms with Gasteiger partial charge in [-0.15, -0.1) is 0 Å². The number of hydrogen-bond acceptors (Lipinski definition) is 6. The van der Waals surface area contributed by atoms with E-state index in [9.17, 15) is 4.79 Å². The molecular weight excluding hydrogens is 489 g/mol.